The molecule has 0 aliphatic carbocycles. The van der Waals surface area contributed by atoms with Crippen LogP contribution >= 0.6 is 0 Å². The van der Waals surface area contributed by atoms with Gasteiger partial charge >= 0.3 is 12.1 Å². The molecule has 2 aromatic carbocycles. The number of nitrogens with zero attached hydrogens (tertiary/aromatic N) is 4. The number of carbonyl (C=O) groups excluding carboxylic acids is 4. The summed E-state index contributed by atoms with van der Waals surface area (Å²) in [5.41, 5.74) is 2.55. The molecule has 11 nitrogen and oxygen atoms in total. The lowest BCUT2D eigenvalue weighted by Crippen LogP contribution is -2.56. The molecular formula is C34H41N5O6. The second-order valence-corrected chi connectivity index (χ2v) is 11.9. The van der Waals surface area contributed by atoms with Gasteiger partial charge in [-0.3, -0.25) is 14.4 Å². The molecule has 1 aromatic heterocycles. The van der Waals surface area contributed by atoms with Crippen molar-refractivity contribution in [3.63, 3.8) is 0 Å². The monoisotopic (exact) mass is 615 g/mol. The van der Waals surface area contributed by atoms with E-state index >= 15 is 0 Å². The molecule has 0 spiro atoms. The fraction of sp³-hybridized carbons (Fsp3) is 0.412. The largest absolute Gasteiger partial charge is 0.460 e. The Hall–Kier alpha value is -4.80. The maximum absolute atomic E-state index is 13.8. The number of ether oxygens (including phenoxy) is 2. The van der Waals surface area contributed by atoms with Crippen LogP contribution < -0.4 is 5.32 Å². The molecule has 0 radical (unpaired) electrons. The second-order valence-electron chi connectivity index (χ2n) is 11.9. The smallest absolute Gasteiger partial charge is 0.409 e. The van der Waals surface area contributed by atoms with Gasteiger partial charge in [-0.2, -0.15) is 0 Å². The third kappa shape index (κ3) is 9.34. The number of aromatic nitrogens is 2. The van der Waals surface area contributed by atoms with Crippen molar-refractivity contribution < 1.29 is 28.7 Å². The third-order valence-electron chi connectivity index (χ3n) is 7.08. The van der Waals surface area contributed by atoms with Crippen LogP contribution in [0.25, 0.3) is 22.6 Å². The van der Waals surface area contributed by atoms with Crippen LogP contribution in [0.2, 0.25) is 0 Å². The van der Waals surface area contributed by atoms with E-state index in [0.29, 0.717) is 24.6 Å². The number of carbonyl (C=O) groups is 4. The third-order valence-corrected chi connectivity index (χ3v) is 7.08. The minimum absolute atomic E-state index is 0.0267. The van der Waals surface area contributed by atoms with Gasteiger partial charge in [-0.15, -0.1) is 0 Å². The molecule has 238 valence electrons. The van der Waals surface area contributed by atoms with Gasteiger partial charge in [-0.1, -0.05) is 54.1 Å². The minimum atomic E-state index is -1.03. The molecule has 1 atom stereocenters. The van der Waals surface area contributed by atoms with Gasteiger partial charge in [0.05, 0.1) is 12.3 Å². The standard InChI is InChI=1S/C34H41N5O6/c1-6-44-33(43)39-19-17-38(18-20-39)32(42)26(15-16-29(40)45-34(3,4)5)37-31(41)28-22-27(25-14-10-11-23(2)21-25)35-30(36-28)24-12-8-7-9-13-24/h7-14,21-22,26H,6,15-20H2,1-5H3,(H,37,41)/t26-/m0/s1. The Morgan fingerprint density at radius 2 is 1.56 bits per heavy atom. The molecule has 0 unspecified atom stereocenters. The van der Waals surface area contributed by atoms with E-state index < -0.39 is 29.6 Å². The van der Waals surface area contributed by atoms with Crippen LogP contribution in [0.1, 0.15) is 56.6 Å². The van der Waals surface area contributed by atoms with Crippen molar-refractivity contribution in [2.24, 2.45) is 0 Å². The van der Waals surface area contributed by atoms with E-state index in [0.717, 1.165) is 16.7 Å². The molecule has 1 fully saturated rings. The van der Waals surface area contributed by atoms with Crippen LogP contribution in [0.5, 0.6) is 0 Å². The van der Waals surface area contributed by atoms with Gasteiger partial charge in [-0.25, -0.2) is 14.8 Å². The molecule has 1 N–H and O–H groups in total. The number of hydrogen-bond acceptors (Lipinski definition) is 8. The molecule has 1 saturated heterocycles. The van der Waals surface area contributed by atoms with Crippen LogP contribution in [-0.2, 0) is 19.1 Å². The fourth-order valence-electron chi connectivity index (χ4n) is 4.92. The molecule has 0 saturated carbocycles. The highest BCUT2D eigenvalue weighted by molar-refractivity contribution is 5.97. The SMILES string of the molecule is CCOC(=O)N1CCN(C(=O)[C@H](CCC(=O)OC(C)(C)C)NC(=O)c2cc(-c3cccc(C)c3)nc(-c3ccccc3)n2)CC1. The Labute approximate surface area is 263 Å². The predicted octanol–water partition coefficient (Wildman–Crippen LogP) is 4.64. The van der Waals surface area contributed by atoms with Crippen molar-refractivity contribution in [3.8, 4) is 22.6 Å². The molecular weight excluding hydrogens is 574 g/mol. The Kier molecular flexibility index (Phi) is 10.9. The van der Waals surface area contributed by atoms with E-state index in [1.54, 1.807) is 43.6 Å². The number of piperazine rings is 1. The van der Waals surface area contributed by atoms with Crippen molar-refractivity contribution in [1.29, 1.82) is 0 Å². The van der Waals surface area contributed by atoms with Crippen molar-refractivity contribution >= 4 is 23.9 Å². The van der Waals surface area contributed by atoms with E-state index in [9.17, 15) is 19.2 Å². The summed E-state index contributed by atoms with van der Waals surface area (Å²) in [7, 11) is 0. The summed E-state index contributed by atoms with van der Waals surface area (Å²) in [6, 6.07) is 17.7. The lowest BCUT2D eigenvalue weighted by Gasteiger charge is -2.36. The first-order valence-electron chi connectivity index (χ1n) is 15.2. The molecule has 1 aliphatic heterocycles. The minimum Gasteiger partial charge on any atom is -0.460 e. The van der Waals surface area contributed by atoms with E-state index in [1.165, 1.54) is 0 Å². The average Bonchev–Trinajstić information content (AvgIpc) is 3.02. The lowest BCUT2D eigenvalue weighted by atomic mass is 10.1. The summed E-state index contributed by atoms with van der Waals surface area (Å²) < 4.78 is 10.5. The van der Waals surface area contributed by atoms with Crippen molar-refractivity contribution in [3.05, 3.63) is 71.9 Å². The maximum Gasteiger partial charge on any atom is 0.409 e. The zero-order valence-electron chi connectivity index (χ0n) is 26.5. The highest BCUT2D eigenvalue weighted by Crippen LogP contribution is 2.24. The molecule has 45 heavy (non-hydrogen) atoms. The first-order chi connectivity index (χ1) is 21.4. The van der Waals surface area contributed by atoms with Crippen molar-refractivity contribution in [2.75, 3.05) is 32.8 Å². The maximum atomic E-state index is 13.8. The Bertz CT molecular complexity index is 1510. The first-order valence-corrected chi connectivity index (χ1v) is 15.2. The van der Waals surface area contributed by atoms with Gasteiger partial charge in [0.25, 0.3) is 5.91 Å². The summed E-state index contributed by atoms with van der Waals surface area (Å²) in [6.07, 6.45) is -0.481. The Morgan fingerprint density at radius 1 is 0.889 bits per heavy atom. The highest BCUT2D eigenvalue weighted by Gasteiger charge is 2.32. The van der Waals surface area contributed by atoms with Crippen molar-refractivity contribution in [2.45, 2.75) is 59.1 Å². The fourth-order valence-corrected chi connectivity index (χ4v) is 4.92. The summed E-state index contributed by atoms with van der Waals surface area (Å²) >= 11 is 0. The Morgan fingerprint density at radius 3 is 2.20 bits per heavy atom. The number of benzene rings is 2. The van der Waals surface area contributed by atoms with Gasteiger partial charge < -0.3 is 24.6 Å². The van der Waals surface area contributed by atoms with Gasteiger partial charge in [0.15, 0.2) is 5.82 Å². The van der Waals surface area contributed by atoms with Crippen molar-refractivity contribution in [1.82, 2.24) is 25.1 Å². The van der Waals surface area contributed by atoms with Gasteiger partial charge in [0.2, 0.25) is 5.91 Å². The summed E-state index contributed by atoms with van der Waals surface area (Å²) in [6.45, 7) is 10.4. The number of esters is 1. The molecule has 0 bridgehead atoms. The van der Waals surface area contributed by atoms with Gasteiger partial charge in [0.1, 0.15) is 17.3 Å². The zero-order valence-corrected chi connectivity index (χ0v) is 26.5. The quantitative estimate of drug-likeness (QED) is 0.345. The zero-order chi connectivity index (χ0) is 32.6. The number of amides is 3. The topological polar surface area (TPSA) is 131 Å². The first kappa shape index (κ1) is 33.1. The second kappa shape index (κ2) is 14.8. The summed E-state index contributed by atoms with van der Waals surface area (Å²) in [5.74, 6) is -1.04. The average molecular weight is 616 g/mol. The van der Waals surface area contributed by atoms with Crippen LogP contribution in [0, 0.1) is 6.92 Å². The number of rotatable bonds is 9. The Balaban J connectivity index is 1.60. The van der Waals surface area contributed by atoms with Crippen LogP contribution in [-0.4, -0.2) is 88.1 Å². The van der Waals surface area contributed by atoms with E-state index in [-0.39, 0.29) is 44.1 Å². The van der Waals surface area contributed by atoms with Gasteiger partial charge in [0, 0.05) is 43.7 Å². The number of hydrogen-bond donors (Lipinski definition) is 1. The lowest BCUT2D eigenvalue weighted by molar-refractivity contribution is -0.155. The predicted molar refractivity (Wildman–Crippen MR) is 169 cm³/mol. The molecule has 3 aromatic rings. The summed E-state index contributed by atoms with van der Waals surface area (Å²) in [4.78, 5) is 64.8. The number of nitrogens with one attached hydrogen (secondary N) is 1. The normalized spacial score (nSPS) is 14.0. The van der Waals surface area contributed by atoms with Crippen LogP contribution in [0.4, 0.5) is 4.79 Å². The molecule has 3 amide bonds. The van der Waals surface area contributed by atoms with Crippen LogP contribution in [0.3, 0.4) is 0 Å². The van der Waals surface area contributed by atoms with Crippen LogP contribution in [0.15, 0.2) is 60.7 Å². The van der Waals surface area contributed by atoms with E-state index in [1.807, 2.05) is 61.5 Å². The van der Waals surface area contributed by atoms with Gasteiger partial charge in [-0.05, 0) is 53.2 Å². The van der Waals surface area contributed by atoms with E-state index in [4.69, 9.17) is 14.5 Å². The number of aryl methyl sites for hydroxylation is 1. The molecule has 2 heterocycles. The molecule has 1 aliphatic rings. The highest BCUT2D eigenvalue weighted by atomic mass is 16.6. The van der Waals surface area contributed by atoms with E-state index in [2.05, 4.69) is 10.3 Å². The summed E-state index contributed by atoms with van der Waals surface area (Å²) in [5, 5.41) is 2.84. The molecule has 4 rings (SSSR count). The molecule has 11 heteroatoms.